The van der Waals surface area contributed by atoms with Gasteiger partial charge in [0.2, 0.25) is 0 Å². The minimum atomic E-state index is -0.0347. The van der Waals surface area contributed by atoms with Crippen LogP contribution in [0.15, 0.2) is 18.2 Å². The summed E-state index contributed by atoms with van der Waals surface area (Å²) in [6, 6.07) is 6.61. The van der Waals surface area contributed by atoms with E-state index in [4.69, 9.17) is 4.74 Å². The molecule has 1 aromatic carbocycles. The highest BCUT2D eigenvalue weighted by molar-refractivity contribution is 7.17. The molecule has 26 heavy (non-hydrogen) atoms. The van der Waals surface area contributed by atoms with Gasteiger partial charge in [-0.2, -0.15) is 0 Å². The summed E-state index contributed by atoms with van der Waals surface area (Å²) in [4.78, 5) is 20.3. The molecule has 138 valence electrons. The number of benzene rings is 1. The highest BCUT2D eigenvalue weighted by atomic mass is 32.1. The SMILES string of the molecule is Cc1nc(N2CCOCC2)sc1C(=O)N[C@@H](C)c1ccc2c(c1)CCC2. The molecule has 2 heterocycles. The van der Waals surface area contributed by atoms with Gasteiger partial charge in [-0.15, -0.1) is 0 Å². The minimum absolute atomic E-state index is 0.0123. The average Bonchev–Trinajstić information content (AvgIpc) is 3.28. The molecule has 1 aliphatic heterocycles. The van der Waals surface area contributed by atoms with Crippen molar-refractivity contribution in [3.63, 3.8) is 0 Å². The highest BCUT2D eigenvalue weighted by Crippen LogP contribution is 2.28. The molecule has 2 aliphatic rings. The number of hydrogen-bond acceptors (Lipinski definition) is 5. The number of nitrogens with zero attached hydrogens (tertiary/aromatic N) is 2. The van der Waals surface area contributed by atoms with Crippen LogP contribution in [0.25, 0.3) is 0 Å². The van der Waals surface area contributed by atoms with Crippen LogP contribution >= 0.6 is 11.3 Å². The van der Waals surface area contributed by atoms with E-state index in [2.05, 4.69) is 33.4 Å². The van der Waals surface area contributed by atoms with Crippen molar-refractivity contribution in [2.45, 2.75) is 39.2 Å². The molecule has 5 nitrogen and oxygen atoms in total. The van der Waals surface area contributed by atoms with Gasteiger partial charge in [0, 0.05) is 13.1 Å². The lowest BCUT2D eigenvalue weighted by Gasteiger charge is -2.26. The molecular formula is C20H25N3O2S. The Balaban J connectivity index is 1.46. The van der Waals surface area contributed by atoms with Gasteiger partial charge in [-0.1, -0.05) is 29.5 Å². The number of carbonyl (C=O) groups is 1. The predicted molar refractivity (Wildman–Crippen MR) is 104 cm³/mol. The van der Waals surface area contributed by atoms with Crippen LogP contribution in [-0.4, -0.2) is 37.2 Å². The fraction of sp³-hybridized carbons (Fsp3) is 0.500. The van der Waals surface area contributed by atoms with Crippen molar-refractivity contribution >= 4 is 22.4 Å². The van der Waals surface area contributed by atoms with Gasteiger partial charge >= 0.3 is 0 Å². The van der Waals surface area contributed by atoms with Crippen molar-refractivity contribution < 1.29 is 9.53 Å². The average molecular weight is 372 g/mol. The Labute approximate surface area is 158 Å². The molecule has 1 saturated heterocycles. The first-order valence-corrected chi connectivity index (χ1v) is 10.2. The third-order valence-electron chi connectivity index (χ3n) is 5.24. The van der Waals surface area contributed by atoms with Gasteiger partial charge in [0.15, 0.2) is 5.13 Å². The quantitative estimate of drug-likeness (QED) is 0.896. The molecule has 0 spiro atoms. The number of thiazole rings is 1. The Morgan fingerprint density at radius 3 is 2.85 bits per heavy atom. The molecule has 0 saturated carbocycles. The van der Waals surface area contributed by atoms with Crippen molar-refractivity contribution in [2.24, 2.45) is 0 Å². The van der Waals surface area contributed by atoms with Crippen molar-refractivity contribution in [3.05, 3.63) is 45.5 Å². The normalized spacial score (nSPS) is 17.8. The van der Waals surface area contributed by atoms with Gasteiger partial charge in [-0.25, -0.2) is 4.98 Å². The van der Waals surface area contributed by atoms with Crippen LogP contribution in [-0.2, 0) is 17.6 Å². The Hall–Kier alpha value is -1.92. The van der Waals surface area contributed by atoms with Gasteiger partial charge < -0.3 is 15.0 Å². The van der Waals surface area contributed by atoms with Crippen molar-refractivity contribution in [2.75, 3.05) is 31.2 Å². The first-order chi connectivity index (χ1) is 12.6. The van der Waals surface area contributed by atoms with Gasteiger partial charge in [-0.3, -0.25) is 4.79 Å². The molecule has 1 aliphatic carbocycles. The van der Waals surface area contributed by atoms with Gasteiger partial charge in [0.05, 0.1) is 24.9 Å². The lowest BCUT2D eigenvalue weighted by atomic mass is 10.0. The van der Waals surface area contributed by atoms with E-state index in [9.17, 15) is 4.79 Å². The topological polar surface area (TPSA) is 54.5 Å². The number of hydrogen-bond donors (Lipinski definition) is 1. The van der Waals surface area contributed by atoms with Crippen LogP contribution in [0, 0.1) is 6.92 Å². The number of nitrogens with one attached hydrogen (secondary N) is 1. The zero-order valence-electron chi connectivity index (χ0n) is 15.4. The standard InChI is InChI=1S/C20H25N3O2S/c1-13(16-7-6-15-4-3-5-17(15)12-16)21-19(24)18-14(2)22-20(26-18)23-8-10-25-11-9-23/h6-7,12-13H,3-5,8-11H2,1-2H3,(H,21,24)/t13-/m0/s1. The number of ether oxygens (including phenoxy) is 1. The summed E-state index contributed by atoms with van der Waals surface area (Å²) in [7, 11) is 0. The summed E-state index contributed by atoms with van der Waals surface area (Å²) in [6.45, 7) is 7.06. The molecule has 6 heteroatoms. The molecule has 1 amide bonds. The largest absolute Gasteiger partial charge is 0.378 e. The number of fused-ring (bicyclic) bond motifs is 1. The third-order valence-corrected chi connectivity index (χ3v) is 6.46. The second-order valence-corrected chi connectivity index (χ2v) is 8.06. The van der Waals surface area contributed by atoms with Crippen LogP contribution in [0.4, 0.5) is 5.13 Å². The summed E-state index contributed by atoms with van der Waals surface area (Å²) in [5.74, 6) is -0.0347. The zero-order valence-corrected chi connectivity index (χ0v) is 16.2. The Bertz CT molecular complexity index is 811. The maximum absolute atomic E-state index is 12.8. The smallest absolute Gasteiger partial charge is 0.263 e. The number of anilines is 1. The molecule has 0 unspecified atom stereocenters. The lowest BCUT2D eigenvalue weighted by Crippen LogP contribution is -2.36. The summed E-state index contributed by atoms with van der Waals surface area (Å²) in [5.41, 5.74) is 4.87. The van der Waals surface area contributed by atoms with Crippen LogP contribution in [0.1, 0.15) is 51.4 Å². The number of rotatable bonds is 4. The maximum Gasteiger partial charge on any atom is 0.263 e. The molecule has 1 N–H and O–H groups in total. The number of amides is 1. The fourth-order valence-corrected chi connectivity index (χ4v) is 4.71. The predicted octanol–water partition coefficient (Wildman–Crippen LogP) is 3.27. The van der Waals surface area contributed by atoms with Gasteiger partial charge in [-0.05, 0) is 49.8 Å². The summed E-state index contributed by atoms with van der Waals surface area (Å²) in [6.07, 6.45) is 3.57. The minimum Gasteiger partial charge on any atom is -0.378 e. The molecule has 0 radical (unpaired) electrons. The van der Waals surface area contributed by atoms with Gasteiger partial charge in [0.1, 0.15) is 4.88 Å². The molecule has 2 aromatic rings. The van der Waals surface area contributed by atoms with E-state index in [0.29, 0.717) is 4.88 Å². The van der Waals surface area contributed by atoms with Crippen LogP contribution in [0.3, 0.4) is 0 Å². The Morgan fingerprint density at radius 1 is 1.27 bits per heavy atom. The summed E-state index contributed by atoms with van der Waals surface area (Å²) >= 11 is 1.48. The van der Waals surface area contributed by atoms with Crippen LogP contribution in [0.2, 0.25) is 0 Å². The van der Waals surface area contributed by atoms with Crippen LogP contribution in [0.5, 0.6) is 0 Å². The van der Waals surface area contributed by atoms with E-state index >= 15 is 0 Å². The Kier molecular flexibility index (Phi) is 4.96. The Morgan fingerprint density at radius 2 is 2.04 bits per heavy atom. The fourth-order valence-electron chi connectivity index (χ4n) is 3.69. The van der Waals surface area contributed by atoms with Crippen molar-refractivity contribution in [1.29, 1.82) is 0 Å². The monoisotopic (exact) mass is 371 g/mol. The van der Waals surface area contributed by atoms with E-state index in [1.54, 1.807) is 0 Å². The highest BCUT2D eigenvalue weighted by Gasteiger charge is 2.22. The first kappa shape index (κ1) is 17.5. The molecule has 1 atom stereocenters. The van der Waals surface area contributed by atoms with Crippen molar-refractivity contribution in [1.82, 2.24) is 10.3 Å². The second kappa shape index (κ2) is 7.37. The summed E-state index contributed by atoms with van der Waals surface area (Å²) in [5, 5.41) is 4.07. The number of carbonyl (C=O) groups excluding carboxylic acids is 1. The van der Waals surface area contributed by atoms with E-state index < -0.39 is 0 Å². The maximum atomic E-state index is 12.8. The molecular weight excluding hydrogens is 346 g/mol. The van der Waals surface area contributed by atoms with Gasteiger partial charge in [0.25, 0.3) is 5.91 Å². The van der Waals surface area contributed by atoms with E-state index in [1.807, 2.05) is 13.8 Å². The molecule has 0 bridgehead atoms. The molecule has 1 aromatic heterocycles. The van der Waals surface area contributed by atoms with E-state index in [-0.39, 0.29) is 11.9 Å². The second-order valence-electron chi connectivity index (χ2n) is 7.09. The summed E-state index contributed by atoms with van der Waals surface area (Å²) < 4.78 is 5.39. The first-order valence-electron chi connectivity index (χ1n) is 9.34. The van der Waals surface area contributed by atoms with E-state index in [1.165, 1.54) is 40.9 Å². The third kappa shape index (κ3) is 3.48. The van der Waals surface area contributed by atoms with Crippen molar-refractivity contribution in [3.8, 4) is 0 Å². The van der Waals surface area contributed by atoms with E-state index in [0.717, 1.165) is 43.5 Å². The zero-order chi connectivity index (χ0) is 18.1. The van der Waals surface area contributed by atoms with Crippen LogP contribution < -0.4 is 10.2 Å². The molecule has 4 rings (SSSR count). The molecule has 1 fully saturated rings. The lowest BCUT2D eigenvalue weighted by molar-refractivity contribution is 0.0943. The number of aryl methyl sites for hydroxylation is 3. The number of aromatic nitrogens is 1. The number of morpholine rings is 1.